The van der Waals surface area contributed by atoms with Gasteiger partial charge in [-0.3, -0.25) is 4.79 Å². The molecular formula is C19H26O. The Labute approximate surface area is 122 Å². The van der Waals surface area contributed by atoms with E-state index in [9.17, 15) is 4.79 Å². The van der Waals surface area contributed by atoms with Crippen molar-refractivity contribution in [2.45, 2.75) is 58.8 Å². The molecule has 0 N–H and O–H groups in total. The Hall–Kier alpha value is -1.11. The molecule has 1 aromatic rings. The number of ketones is 1. The van der Waals surface area contributed by atoms with Gasteiger partial charge in [-0.2, -0.15) is 0 Å². The lowest BCUT2D eigenvalue weighted by atomic mass is 9.66. The fraction of sp³-hybridized carbons (Fsp3) is 0.632. The van der Waals surface area contributed by atoms with Gasteiger partial charge in [0.1, 0.15) is 0 Å². The molecule has 108 valence electrons. The zero-order valence-corrected chi connectivity index (χ0v) is 12.8. The fourth-order valence-electron chi connectivity index (χ4n) is 4.35. The first-order chi connectivity index (χ1) is 9.66. The van der Waals surface area contributed by atoms with Crippen LogP contribution < -0.4 is 0 Å². The highest BCUT2D eigenvalue weighted by atomic mass is 16.1. The number of carbonyl (C=O) groups is 1. The van der Waals surface area contributed by atoms with Crippen LogP contribution in [0.2, 0.25) is 0 Å². The van der Waals surface area contributed by atoms with E-state index in [4.69, 9.17) is 0 Å². The number of hydrogen-bond acceptors (Lipinski definition) is 1. The minimum atomic E-state index is 0.287. The molecule has 0 spiro atoms. The van der Waals surface area contributed by atoms with E-state index in [1.807, 2.05) is 12.1 Å². The molecule has 2 saturated carbocycles. The molecule has 3 rings (SSSR count). The normalized spacial score (nSPS) is 29.8. The molecule has 2 aliphatic rings. The molecule has 0 saturated heterocycles. The highest BCUT2D eigenvalue weighted by Gasteiger charge is 2.35. The third-order valence-corrected chi connectivity index (χ3v) is 5.78. The van der Waals surface area contributed by atoms with Crippen LogP contribution >= 0.6 is 0 Å². The minimum absolute atomic E-state index is 0.287. The smallest absolute Gasteiger partial charge is 0.166 e. The van der Waals surface area contributed by atoms with Crippen molar-refractivity contribution in [1.82, 2.24) is 0 Å². The molecule has 0 bridgehead atoms. The minimum Gasteiger partial charge on any atom is -0.294 e. The second-order valence-electron chi connectivity index (χ2n) is 6.93. The lowest BCUT2D eigenvalue weighted by Gasteiger charge is -2.39. The summed E-state index contributed by atoms with van der Waals surface area (Å²) in [5.41, 5.74) is 3.40. The van der Waals surface area contributed by atoms with E-state index in [1.165, 1.54) is 43.2 Å². The molecule has 0 aliphatic heterocycles. The summed E-state index contributed by atoms with van der Waals surface area (Å²) in [6.45, 7) is 4.19. The first-order valence-electron chi connectivity index (χ1n) is 8.27. The molecule has 1 aromatic carbocycles. The number of hydrogen-bond donors (Lipinski definition) is 0. The Kier molecular flexibility index (Phi) is 3.96. The van der Waals surface area contributed by atoms with Crippen LogP contribution in [0, 0.1) is 31.6 Å². The lowest BCUT2D eigenvalue weighted by molar-refractivity contribution is 0.0762. The van der Waals surface area contributed by atoms with Crippen molar-refractivity contribution in [3.63, 3.8) is 0 Å². The van der Waals surface area contributed by atoms with Crippen LogP contribution in [0.25, 0.3) is 0 Å². The van der Waals surface area contributed by atoms with Crippen molar-refractivity contribution in [2.24, 2.45) is 17.8 Å². The standard InChI is InChI=1S/C19H26O/c1-13-6-5-9-18(14(13)2)19(20)17-11-10-15-7-3-4-8-16(15)12-17/h5-6,9,15-17H,3-4,7-8,10-12H2,1-2H3. The first kappa shape index (κ1) is 13.9. The number of rotatable bonds is 2. The molecule has 3 unspecified atom stereocenters. The van der Waals surface area contributed by atoms with Crippen LogP contribution in [0.5, 0.6) is 0 Å². The SMILES string of the molecule is Cc1cccc(C(=O)C2CCC3CCCCC3C2)c1C. The number of fused-ring (bicyclic) bond motifs is 1. The van der Waals surface area contributed by atoms with Gasteiger partial charge in [-0.15, -0.1) is 0 Å². The summed E-state index contributed by atoms with van der Waals surface area (Å²) in [5, 5.41) is 0. The number of aryl methyl sites for hydroxylation is 1. The van der Waals surface area contributed by atoms with Crippen molar-refractivity contribution in [3.8, 4) is 0 Å². The van der Waals surface area contributed by atoms with Crippen molar-refractivity contribution < 1.29 is 4.79 Å². The van der Waals surface area contributed by atoms with Crippen LogP contribution in [0.4, 0.5) is 0 Å². The van der Waals surface area contributed by atoms with Crippen molar-refractivity contribution in [2.75, 3.05) is 0 Å². The number of benzene rings is 1. The van der Waals surface area contributed by atoms with Gasteiger partial charge in [0.2, 0.25) is 0 Å². The van der Waals surface area contributed by atoms with Gasteiger partial charge in [0.05, 0.1) is 0 Å². The number of carbonyl (C=O) groups excluding carboxylic acids is 1. The van der Waals surface area contributed by atoms with Crippen LogP contribution in [-0.4, -0.2) is 5.78 Å². The molecule has 0 aromatic heterocycles. The van der Waals surface area contributed by atoms with Gasteiger partial charge in [0, 0.05) is 11.5 Å². The van der Waals surface area contributed by atoms with Crippen molar-refractivity contribution >= 4 is 5.78 Å². The molecule has 2 fully saturated rings. The topological polar surface area (TPSA) is 17.1 Å². The van der Waals surface area contributed by atoms with Gasteiger partial charge in [-0.05, 0) is 56.1 Å². The van der Waals surface area contributed by atoms with Crippen LogP contribution in [-0.2, 0) is 0 Å². The third kappa shape index (κ3) is 2.55. The Morgan fingerprint density at radius 1 is 1.00 bits per heavy atom. The highest BCUT2D eigenvalue weighted by Crippen LogP contribution is 2.43. The molecule has 20 heavy (non-hydrogen) atoms. The first-order valence-corrected chi connectivity index (χ1v) is 8.27. The average Bonchev–Trinajstić information content (AvgIpc) is 2.49. The Morgan fingerprint density at radius 2 is 1.75 bits per heavy atom. The average molecular weight is 270 g/mol. The summed E-state index contributed by atoms with van der Waals surface area (Å²) in [4.78, 5) is 12.8. The molecule has 1 heteroatoms. The lowest BCUT2D eigenvalue weighted by Crippen LogP contribution is -2.31. The van der Waals surface area contributed by atoms with Crippen LogP contribution in [0.3, 0.4) is 0 Å². The second kappa shape index (κ2) is 5.71. The monoisotopic (exact) mass is 270 g/mol. The Balaban J connectivity index is 1.76. The van der Waals surface area contributed by atoms with Gasteiger partial charge in [0.25, 0.3) is 0 Å². The van der Waals surface area contributed by atoms with E-state index in [2.05, 4.69) is 19.9 Å². The maximum absolute atomic E-state index is 12.8. The fourth-order valence-corrected chi connectivity index (χ4v) is 4.35. The van der Waals surface area contributed by atoms with Crippen molar-refractivity contribution in [1.29, 1.82) is 0 Å². The summed E-state index contributed by atoms with van der Waals surface area (Å²) in [5.74, 6) is 2.45. The molecule has 0 amide bonds. The Bertz CT molecular complexity index is 502. The van der Waals surface area contributed by atoms with Gasteiger partial charge >= 0.3 is 0 Å². The molecule has 2 aliphatic carbocycles. The zero-order valence-electron chi connectivity index (χ0n) is 12.8. The van der Waals surface area contributed by atoms with Gasteiger partial charge in [-0.25, -0.2) is 0 Å². The predicted molar refractivity (Wildman–Crippen MR) is 83.0 cm³/mol. The molecular weight excluding hydrogens is 244 g/mol. The predicted octanol–water partition coefficient (Wildman–Crippen LogP) is 5.09. The third-order valence-electron chi connectivity index (χ3n) is 5.78. The van der Waals surface area contributed by atoms with Crippen LogP contribution in [0.15, 0.2) is 18.2 Å². The maximum atomic E-state index is 12.8. The number of Topliss-reactive ketones (excluding diaryl/α,β-unsaturated/α-hetero) is 1. The van der Waals surface area contributed by atoms with E-state index < -0.39 is 0 Å². The quantitative estimate of drug-likeness (QED) is 0.684. The van der Waals surface area contributed by atoms with Gasteiger partial charge in [0.15, 0.2) is 5.78 Å². The van der Waals surface area contributed by atoms with Crippen molar-refractivity contribution in [3.05, 3.63) is 34.9 Å². The summed E-state index contributed by atoms with van der Waals surface area (Å²) < 4.78 is 0. The molecule has 0 heterocycles. The molecule has 3 atom stereocenters. The summed E-state index contributed by atoms with van der Waals surface area (Å²) in [6, 6.07) is 6.16. The Morgan fingerprint density at radius 3 is 2.55 bits per heavy atom. The molecule has 0 radical (unpaired) electrons. The van der Waals surface area contributed by atoms with E-state index in [1.54, 1.807) is 0 Å². The van der Waals surface area contributed by atoms with E-state index in [0.29, 0.717) is 5.78 Å². The maximum Gasteiger partial charge on any atom is 0.166 e. The summed E-state index contributed by atoms with van der Waals surface area (Å²) in [6.07, 6.45) is 9.12. The van der Waals surface area contributed by atoms with E-state index in [-0.39, 0.29) is 5.92 Å². The highest BCUT2D eigenvalue weighted by molar-refractivity contribution is 5.99. The van der Waals surface area contributed by atoms with E-state index >= 15 is 0 Å². The van der Waals surface area contributed by atoms with Gasteiger partial charge < -0.3 is 0 Å². The second-order valence-corrected chi connectivity index (χ2v) is 6.93. The van der Waals surface area contributed by atoms with Crippen LogP contribution in [0.1, 0.15) is 66.4 Å². The summed E-state index contributed by atoms with van der Waals surface area (Å²) in [7, 11) is 0. The van der Waals surface area contributed by atoms with Gasteiger partial charge in [-0.1, -0.05) is 43.9 Å². The molecule has 1 nitrogen and oxygen atoms in total. The largest absolute Gasteiger partial charge is 0.294 e. The van der Waals surface area contributed by atoms with E-state index in [0.717, 1.165) is 30.2 Å². The zero-order chi connectivity index (χ0) is 14.1. The summed E-state index contributed by atoms with van der Waals surface area (Å²) >= 11 is 0.